The number of nitrogens with two attached hydrogens (primary N) is 1. The van der Waals surface area contributed by atoms with Gasteiger partial charge >= 0.3 is 6.03 Å². The molecule has 4 N–H and O–H groups in total. The van der Waals surface area contributed by atoms with E-state index in [1.807, 2.05) is 0 Å². The largest absolute Gasteiger partial charge is 0.333 e. The second kappa shape index (κ2) is 3.11. The number of hydrazine groups is 1. The lowest BCUT2D eigenvalue weighted by Gasteiger charge is -2.42. The van der Waals surface area contributed by atoms with Gasteiger partial charge in [-0.2, -0.15) is 0 Å². The molecule has 0 heterocycles. The normalized spacial score (nSPS) is 41.6. The summed E-state index contributed by atoms with van der Waals surface area (Å²) < 4.78 is 0. The number of urea groups is 1. The van der Waals surface area contributed by atoms with Gasteiger partial charge in [-0.25, -0.2) is 10.6 Å². The van der Waals surface area contributed by atoms with Crippen molar-refractivity contribution in [1.82, 2.24) is 10.7 Å². The summed E-state index contributed by atoms with van der Waals surface area (Å²) in [5.74, 6) is 5.86. The first kappa shape index (κ1) is 10.7. The number of carbonyl (C=O) groups excluding carboxylic acids is 1. The molecule has 15 heavy (non-hydrogen) atoms. The molecule has 0 spiro atoms. The van der Waals surface area contributed by atoms with Gasteiger partial charge in [0, 0.05) is 6.04 Å². The molecule has 0 aliphatic heterocycles. The molecule has 0 radical (unpaired) electrons. The van der Waals surface area contributed by atoms with E-state index in [4.69, 9.17) is 5.84 Å². The lowest BCUT2D eigenvalue weighted by Crippen LogP contribution is -2.55. The molecule has 0 aromatic carbocycles. The maximum absolute atomic E-state index is 11.3. The molecular weight excluding hydrogens is 190 g/mol. The number of hydrogen-bond donors (Lipinski definition) is 3. The summed E-state index contributed by atoms with van der Waals surface area (Å²) in [6, 6.07) is -0.0193. The Kier molecular flexibility index (Phi) is 2.23. The van der Waals surface area contributed by atoms with Gasteiger partial charge in [0.25, 0.3) is 0 Å². The minimum absolute atomic E-state index is 0.194. The molecule has 2 aliphatic carbocycles. The molecule has 2 bridgehead atoms. The molecule has 86 valence electrons. The SMILES string of the molecule is CC12CCC(C1)C(C)(C)C2NC(=O)NN. The van der Waals surface area contributed by atoms with Crippen LogP contribution in [-0.2, 0) is 0 Å². The number of hydrogen-bond acceptors (Lipinski definition) is 2. The Labute approximate surface area is 90.9 Å². The van der Waals surface area contributed by atoms with Gasteiger partial charge < -0.3 is 5.32 Å². The topological polar surface area (TPSA) is 67.2 Å². The molecule has 4 nitrogen and oxygen atoms in total. The number of amides is 2. The molecule has 0 aromatic heterocycles. The molecular formula is C11H21N3O. The minimum Gasteiger partial charge on any atom is -0.333 e. The third kappa shape index (κ3) is 1.42. The zero-order valence-electron chi connectivity index (χ0n) is 9.76. The van der Waals surface area contributed by atoms with Crippen LogP contribution in [0.1, 0.15) is 40.0 Å². The zero-order valence-corrected chi connectivity index (χ0v) is 9.76. The summed E-state index contributed by atoms with van der Waals surface area (Å²) in [7, 11) is 0. The minimum atomic E-state index is -0.262. The van der Waals surface area contributed by atoms with Crippen LogP contribution in [0.3, 0.4) is 0 Å². The third-order valence-electron chi connectivity index (χ3n) is 4.68. The van der Waals surface area contributed by atoms with E-state index in [2.05, 4.69) is 31.5 Å². The average Bonchev–Trinajstić information content (AvgIpc) is 2.63. The van der Waals surface area contributed by atoms with Gasteiger partial charge in [0.15, 0.2) is 0 Å². The first-order valence-electron chi connectivity index (χ1n) is 5.67. The average molecular weight is 211 g/mol. The number of fused-ring (bicyclic) bond motifs is 2. The quantitative estimate of drug-likeness (QED) is 0.348. The highest BCUT2D eigenvalue weighted by molar-refractivity contribution is 5.73. The van der Waals surface area contributed by atoms with Crippen LogP contribution in [0.2, 0.25) is 0 Å². The molecule has 0 saturated heterocycles. The number of carbonyl (C=O) groups is 1. The second-order valence-electron chi connectivity index (χ2n) is 5.97. The third-order valence-corrected chi connectivity index (χ3v) is 4.68. The summed E-state index contributed by atoms with van der Waals surface area (Å²) in [6.45, 7) is 6.79. The van der Waals surface area contributed by atoms with E-state index in [-0.39, 0.29) is 22.9 Å². The van der Waals surface area contributed by atoms with E-state index >= 15 is 0 Å². The Hall–Kier alpha value is -0.770. The number of rotatable bonds is 1. The standard InChI is InChI=1S/C11H21N3O/c1-10(2)7-4-5-11(3,6-7)8(10)13-9(15)14-12/h7-8H,4-6,12H2,1-3H3,(H2,13,14,15). The van der Waals surface area contributed by atoms with Gasteiger partial charge in [0.05, 0.1) is 0 Å². The predicted octanol–water partition coefficient (Wildman–Crippen LogP) is 1.37. The first-order chi connectivity index (χ1) is 6.90. The maximum Gasteiger partial charge on any atom is 0.329 e. The van der Waals surface area contributed by atoms with Crippen molar-refractivity contribution in [1.29, 1.82) is 0 Å². The summed E-state index contributed by atoms with van der Waals surface area (Å²) in [6.07, 6.45) is 3.75. The van der Waals surface area contributed by atoms with Crippen molar-refractivity contribution in [2.24, 2.45) is 22.6 Å². The highest BCUT2D eigenvalue weighted by atomic mass is 16.2. The molecule has 2 saturated carbocycles. The van der Waals surface area contributed by atoms with Crippen LogP contribution in [-0.4, -0.2) is 12.1 Å². The molecule has 0 aromatic rings. The van der Waals surface area contributed by atoms with Crippen LogP contribution >= 0.6 is 0 Å². The van der Waals surface area contributed by atoms with Crippen LogP contribution in [0, 0.1) is 16.7 Å². The predicted molar refractivity (Wildman–Crippen MR) is 58.9 cm³/mol. The Balaban J connectivity index is 2.19. The van der Waals surface area contributed by atoms with Gasteiger partial charge in [-0.1, -0.05) is 20.8 Å². The van der Waals surface area contributed by atoms with E-state index in [0.717, 1.165) is 5.92 Å². The van der Waals surface area contributed by atoms with Gasteiger partial charge in [0.2, 0.25) is 0 Å². The van der Waals surface area contributed by atoms with Crippen molar-refractivity contribution in [2.75, 3.05) is 0 Å². The Bertz CT molecular complexity index is 285. The molecule has 4 heteroatoms. The van der Waals surface area contributed by atoms with E-state index in [9.17, 15) is 4.79 Å². The fourth-order valence-corrected chi connectivity index (χ4v) is 3.84. The number of nitrogens with one attached hydrogen (secondary N) is 2. The van der Waals surface area contributed by atoms with E-state index in [1.54, 1.807) is 0 Å². The van der Waals surface area contributed by atoms with E-state index in [0.29, 0.717) is 0 Å². The van der Waals surface area contributed by atoms with Crippen LogP contribution in [0.4, 0.5) is 4.79 Å². The maximum atomic E-state index is 11.3. The fraction of sp³-hybridized carbons (Fsp3) is 0.909. The van der Waals surface area contributed by atoms with Gasteiger partial charge in [-0.3, -0.25) is 5.43 Å². The molecule has 3 atom stereocenters. The van der Waals surface area contributed by atoms with Crippen molar-refractivity contribution in [3.63, 3.8) is 0 Å². The van der Waals surface area contributed by atoms with E-state index < -0.39 is 0 Å². The molecule has 2 rings (SSSR count). The van der Waals surface area contributed by atoms with Crippen molar-refractivity contribution in [3.05, 3.63) is 0 Å². The van der Waals surface area contributed by atoms with E-state index in [1.165, 1.54) is 19.3 Å². The first-order valence-corrected chi connectivity index (χ1v) is 5.67. The summed E-state index contributed by atoms with van der Waals surface area (Å²) in [5, 5.41) is 3.02. The highest BCUT2D eigenvalue weighted by Crippen LogP contribution is 2.62. The van der Waals surface area contributed by atoms with Gasteiger partial charge in [-0.05, 0) is 36.0 Å². The molecule has 3 unspecified atom stereocenters. The summed E-state index contributed by atoms with van der Waals surface area (Å²) in [5.41, 5.74) is 2.61. The van der Waals surface area contributed by atoms with Crippen LogP contribution < -0.4 is 16.6 Å². The molecule has 2 amide bonds. The lowest BCUT2D eigenvalue weighted by atomic mass is 9.68. The summed E-state index contributed by atoms with van der Waals surface area (Å²) in [4.78, 5) is 11.3. The van der Waals surface area contributed by atoms with Crippen molar-refractivity contribution >= 4 is 6.03 Å². The van der Waals surface area contributed by atoms with Gasteiger partial charge in [-0.15, -0.1) is 0 Å². The van der Waals surface area contributed by atoms with Crippen molar-refractivity contribution < 1.29 is 4.79 Å². The van der Waals surface area contributed by atoms with Crippen molar-refractivity contribution in [3.8, 4) is 0 Å². The second-order valence-corrected chi connectivity index (χ2v) is 5.97. The smallest absolute Gasteiger partial charge is 0.329 e. The lowest BCUT2D eigenvalue weighted by molar-refractivity contribution is 0.114. The van der Waals surface area contributed by atoms with Gasteiger partial charge in [0.1, 0.15) is 0 Å². The Morgan fingerprint density at radius 2 is 2.07 bits per heavy atom. The van der Waals surface area contributed by atoms with Crippen LogP contribution in [0.25, 0.3) is 0 Å². The zero-order chi connectivity index (χ0) is 11.3. The highest BCUT2D eigenvalue weighted by Gasteiger charge is 2.59. The monoisotopic (exact) mass is 211 g/mol. The fourth-order valence-electron chi connectivity index (χ4n) is 3.84. The van der Waals surface area contributed by atoms with Crippen LogP contribution in [0.5, 0.6) is 0 Å². The van der Waals surface area contributed by atoms with Crippen LogP contribution in [0.15, 0.2) is 0 Å². The molecule has 2 fully saturated rings. The Morgan fingerprint density at radius 1 is 1.40 bits per heavy atom. The van der Waals surface area contributed by atoms with Crippen molar-refractivity contribution in [2.45, 2.75) is 46.1 Å². The summed E-state index contributed by atoms with van der Waals surface area (Å²) >= 11 is 0. The Morgan fingerprint density at radius 3 is 2.53 bits per heavy atom. The molecule has 2 aliphatic rings.